The zero-order valence-corrected chi connectivity index (χ0v) is 10.5. The molecule has 1 nitrogen and oxygen atoms in total. The van der Waals surface area contributed by atoms with Gasteiger partial charge < -0.3 is 5.73 Å². The zero-order chi connectivity index (χ0) is 15.9. The molecular weight excluding hydrogens is 341 g/mol. The molecule has 0 aliphatic carbocycles. The Balaban J connectivity index is 0.00000400. The molecular formula is C10H7ClF9N. The summed E-state index contributed by atoms with van der Waals surface area (Å²) >= 11 is 0. The van der Waals surface area contributed by atoms with Crippen molar-refractivity contribution in [3.05, 3.63) is 35.1 Å². The molecule has 0 bridgehead atoms. The van der Waals surface area contributed by atoms with Crippen LogP contribution in [0.5, 0.6) is 0 Å². The third-order valence-electron chi connectivity index (χ3n) is 2.42. The van der Waals surface area contributed by atoms with Crippen LogP contribution in [0.4, 0.5) is 39.5 Å². The van der Waals surface area contributed by atoms with Gasteiger partial charge in [-0.3, -0.25) is 0 Å². The highest BCUT2D eigenvalue weighted by Gasteiger charge is 2.61. The van der Waals surface area contributed by atoms with Gasteiger partial charge in [0.15, 0.2) is 0 Å². The molecule has 0 heterocycles. The molecule has 0 aliphatic heterocycles. The second-order valence-corrected chi connectivity index (χ2v) is 3.84. The fourth-order valence-electron chi connectivity index (χ4n) is 1.34. The number of rotatable bonds is 2. The summed E-state index contributed by atoms with van der Waals surface area (Å²) in [5.41, 5.74) is 1.51. The number of nitrogens with two attached hydrogens (primary N) is 1. The van der Waals surface area contributed by atoms with Crippen molar-refractivity contribution >= 4 is 12.4 Å². The molecule has 21 heavy (non-hydrogen) atoms. The van der Waals surface area contributed by atoms with Crippen LogP contribution in [0.25, 0.3) is 0 Å². The van der Waals surface area contributed by atoms with E-state index in [9.17, 15) is 39.5 Å². The fraction of sp³-hybridized carbons (Fsp3) is 0.400. The highest BCUT2D eigenvalue weighted by molar-refractivity contribution is 5.85. The van der Waals surface area contributed by atoms with Gasteiger partial charge >= 0.3 is 18.3 Å². The zero-order valence-electron chi connectivity index (χ0n) is 9.70. The minimum absolute atomic E-state index is 0. The summed E-state index contributed by atoms with van der Waals surface area (Å²) in [6, 6.07) is -2.77. The molecule has 0 aliphatic rings. The van der Waals surface area contributed by atoms with E-state index in [1.165, 1.54) is 0 Å². The summed E-state index contributed by atoms with van der Waals surface area (Å²) in [5, 5.41) is 0. The molecule has 0 spiro atoms. The maximum absolute atomic E-state index is 12.9. The largest absolute Gasteiger partial charge is 0.455 e. The van der Waals surface area contributed by atoms with Crippen molar-refractivity contribution < 1.29 is 39.5 Å². The lowest BCUT2D eigenvalue weighted by molar-refractivity contribution is -0.291. The smallest absolute Gasteiger partial charge is 0.319 e. The molecule has 0 aromatic heterocycles. The predicted molar refractivity (Wildman–Crippen MR) is 56.6 cm³/mol. The van der Waals surface area contributed by atoms with Gasteiger partial charge in [0.1, 0.15) is 11.9 Å². The van der Waals surface area contributed by atoms with Gasteiger partial charge in [0, 0.05) is 0 Å². The van der Waals surface area contributed by atoms with E-state index in [1.807, 2.05) is 0 Å². The van der Waals surface area contributed by atoms with Crippen molar-refractivity contribution in [3.63, 3.8) is 0 Å². The molecule has 122 valence electrons. The van der Waals surface area contributed by atoms with E-state index >= 15 is 0 Å². The molecule has 1 aromatic rings. The standard InChI is InChI=1S/C10H6F9N.ClH/c11-6-2-1-4(3-5(6)9(14,15)16)7(20)8(12,13)10(17,18)19;/h1-3,7H,20H2;1H/t7-;/m0./s1. The predicted octanol–water partition coefficient (Wildman–Crippen LogP) is 4.46. The molecule has 0 saturated carbocycles. The Morgan fingerprint density at radius 3 is 1.76 bits per heavy atom. The Hall–Kier alpha value is -1.16. The first-order valence-electron chi connectivity index (χ1n) is 4.85. The molecule has 2 N–H and O–H groups in total. The molecule has 0 unspecified atom stereocenters. The number of hydrogen-bond acceptors (Lipinski definition) is 1. The lowest BCUT2D eigenvalue weighted by Gasteiger charge is -2.26. The van der Waals surface area contributed by atoms with Crippen LogP contribution in [0, 0.1) is 5.82 Å². The molecule has 0 saturated heterocycles. The van der Waals surface area contributed by atoms with E-state index in [2.05, 4.69) is 5.73 Å². The van der Waals surface area contributed by atoms with Gasteiger partial charge in [-0.05, 0) is 17.7 Å². The molecule has 0 fully saturated rings. The minimum atomic E-state index is -6.04. The van der Waals surface area contributed by atoms with E-state index in [4.69, 9.17) is 0 Å². The molecule has 11 heteroatoms. The van der Waals surface area contributed by atoms with Crippen LogP contribution in [0.15, 0.2) is 18.2 Å². The van der Waals surface area contributed by atoms with E-state index in [0.717, 1.165) is 0 Å². The Kier molecular flexibility index (Phi) is 5.59. The van der Waals surface area contributed by atoms with Crippen LogP contribution in [0.1, 0.15) is 17.2 Å². The summed E-state index contributed by atoms with van der Waals surface area (Å²) in [4.78, 5) is 0. The first-order chi connectivity index (χ1) is 8.78. The summed E-state index contributed by atoms with van der Waals surface area (Å²) in [5.74, 6) is -7.25. The van der Waals surface area contributed by atoms with E-state index < -0.39 is 41.3 Å². The van der Waals surface area contributed by atoms with Gasteiger partial charge in [-0.15, -0.1) is 12.4 Å². The van der Waals surface area contributed by atoms with Crippen LogP contribution in [0.3, 0.4) is 0 Å². The van der Waals surface area contributed by atoms with Crippen molar-refractivity contribution in [3.8, 4) is 0 Å². The third kappa shape index (κ3) is 3.94. The number of alkyl halides is 8. The van der Waals surface area contributed by atoms with Crippen molar-refractivity contribution in [1.82, 2.24) is 0 Å². The molecule has 0 radical (unpaired) electrons. The second kappa shape index (κ2) is 5.91. The topological polar surface area (TPSA) is 26.0 Å². The highest BCUT2D eigenvalue weighted by atomic mass is 35.5. The van der Waals surface area contributed by atoms with Crippen molar-refractivity contribution in [1.29, 1.82) is 0 Å². The lowest BCUT2D eigenvalue weighted by atomic mass is 9.98. The normalized spacial score (nSPS) is 14.6. The Morgan fingerprint density at radius 2 is 1.38 bits per heavy atom. The summed E-state index contributed by atoms with van der Waals surface area (Å²) in [6.45, 7) is 0. The number of halogens is 10. The number of hydrogen-bond donors (Lipinski definition) is 1. The first-order valence-corrected chi connectivity index (χ1v) is 4.85. The average molecular weight is 348 g/mol. The van der Waals surface area contributed by atoms with Crippen LogP contribution in [0.2, 0.25) is 0 Å². The Morgan fingerprint density at radius 1 is 0.905 bits per heavy atom. The summed E-state index contributed by atoms with van der Waals surface area (Å²) in [6.07, 6.45) is -11.3. The van der Waals surface area contributed by atoms with Crippen LogP contribution >= 0.6 is 12.4 Å². The quantitative estimate of drug-likeness (QED) is 0.785. The minimum Gasteiger partial charge on any atom is -0.319 e. The Bertz CT molecular complexity index is 494. The van der Waals surface area contributed by atoms with Gasteiger partial charge in [0.2, 0.25) is 0 Å². The fourth-order valence-corrected chi connectivity index (χ4v) is 1.34. The van der Waals surface area contributed by atoms with Crippen molar-refractivity contribution in [2.45, 2.75) is 24.3 Å². The van der Waals surface area contributed by atoms with Gasteiger partial charge in [0.25, 0.3) is 0 Å². The van der Waals surface area contributed by atoms with Crippen molar-refractivity contribution in [2.75, 3.05) is 0 Å². The molecule has 0 amide bonds. The maximum atomic E-state index is 12.9. The van der Waals surface area contributed by atoms with Gasteiger partial charge in [0.05, 0.1) is 5.56 Å². The van der Waals surface area contributed by atoms with Crippen LogP contribution in [-0.2, 0) is 6.18 Å². The first kappa shape index (κ1) is 19.8. The third-order valence-corrected chi connectivity index (χ3v) is 2.42. The molecule has 1 aromatic carbocycles. The number of benzene rings is 1. The summed E-state index contributed by atoms with van der Waals surface area (Å²) in [7, 11) is 0. The molecule has 1 atom stereocenters. The maximum Gasteiger partial charge on any atom is 0.455 e. The summed E-state index contributed by atoms with van der Waals surface area (Å²) < 4.78 is 112. The monoisotopic (exact) mass is 347 g/mol. The van der Waals surface area contributed by atoms with Crippen molar-refractivity contribution in [2.24, 2.45) is 5.73 Å². The van der Waals surface area contributed by atoms with Crippen LogP contribution < -0.4 is 5.73 Å². The van der Waals surface area contributed by atoms with E-state index in [0.29, 0.717) is 6.07 Å². The van der Waals surface area contributed by atoms with E-state index in [1.54, 1.807) is 0 Å². The average Bonchev–Trinajstić information content (AvgIpc) is 2.25. The lowest BCUT2D eigenvalue weighted by Crippen LogP contribution is -2.45. The highest BCUT2D eigenvalue weighted by Crippen LogP contribution is 2.44. The molecule has 1 rings (SSSR count). The second-order valence-electron chi connectivity index (χ2n) is 3.84. The SMILES string of the molecule is Cl.N[C@@H](c1ccc(F)c(C(F)(F)F)c1)C(F)(F)C(F)(F)F. The Labute approximate surface area is 118 Å². The van der Waals surface area contributed by atoms with Gasteiger partial charge in [-0.1, -0.05) is 6.07 Å². The van der Waals surface area contributed by atoms with Crippen LogP contribution in [-0.4, -0.2) is 12.1 Å². The van der Waals surface area contributed by atoms with Gasteiger partial charge in [-0.2, -0.15) is 35.1 Å². The van der Waals surface area contributed by atoms with E-state index in [-0.39, 0.29) is 24.5 Å². The van der Waals surface area contributed by atoms with Gasteiger partial charge in [-0.25, -0.2) is 4.39 Å².